The minimum Gasteiger partial charge on any atom is -0.319 e. The molecule has 4 heteroatoms. The normalized spacial score (nSPS) is 13.0. The monoisotopic (exact) mass is 230 g/mol. The number of rotatable bonds is 3. The summed E-state index contributed by atoms with van der Waals surface area (Å²) in [6.45, 7) is 6.17. The van der Waals surface area contributed by atoms with Crippen LogP contribution in [0.15, 0.2) is 30.6 Å². The molecule has 2 aromatic rings. The third-order valence-corrected chi connectivity index (χ3v) is 2.89. The zero-order chi connectivity index (χ0) is 12.4. The maximum absolute atomic E-state index is 6.30. The number of nitrogens with zero attached hydrogens (tertiary/aromatic N) is 3. The summed E-state index contributed by atoms with van der Waals surface area (Å²) in [5.74, 6) is 0. The van der Waals surface area contributed by atoms with Gasteiger partial charge < -0.3 is 5.73 Å². The third-order valence-electron chi connectivity index (χ3n) is 2.89. The average Bonchev–Trinajstić information content (AvgIpc) is 2.77. The van der Waals surface area contributed by atoms with Crippen molar-refractivity contribution >= 4 is 0 Å². The number of pyridine rings is 1. The lowest BCUT2D eigenvalue weighted by molar-refractivity contribution is 0.498. The molecular formula is C13H18N4. The maximum Gasteiger partial charge on any atom is 0.0741 e. The molecule has 0 saturated carbocycles. The average molecular weight is 230 g/mol. The zero-order valence-corrected chi connectivity index (χ0v) is 10.5. The Hall–Kier alpha value is -1.68. The van der Waals surface area contributed by atoms with Crippen LogP contribution in [0.3, 0.4) is 0 Å². The van der Waals surface area contributed by atoms with E-state index in [1.165, 1.54) is 0 Å². The molecule has 0 amide bonds. The molecule has 17 heavy (non-hydrogen) atoms. The molecule has 0 aliphatic heterocycles. The van der Waals surface area contributed by atoms with Crippen molar-refractivity contribution in [2.24, 2.45) is 5.73 Å². The fraction of sp³-hybridized carbons (Fsp3) is 0.385. The highest BCUT2D eigenvalue weighted by atomic mass is 15.3. The van der Waals surface area contributed by atoms with Crippen LogP contribution in [-0.4, -0.2) is 14.8 Å². The first-order valence-electron chi connectivity index (χ1n) is 5.81. The summed E-state index contributed by atoms with van der Waals surface area (Å²) in [5, 5.41) is 4.31. The molecule has 1 unspecified atom stereocenters. The highest BCUT2D eigenvalue weighted by Gasteiger charge is 2.17. The summed E-state index contributed by atoms with van der Waals surface area (Å²) in [7, 11) is 0. The molecule has 1 atom stereocenters. The highest BCUT2D eigenvalue weighted by molar-refractivity contribution is 5.29. The largest absolute Gasteiger partial charge is 0.319 e. The van der Waals surface area contributed by atoms with Crippen LogP contribution in [-0.2, 0) is 0 Å². The molecule has 0 spiro atoms. The van der Waals surface area contributed by atoms with Gasteiger partial charge in [-0.15, -0.1) is 0 Å². The second-order valence-corrected chi connectivity index (χ2v) is 4.45. The Kier molecular flexibility index (Phi) is 3.24. The van der Waals surface area contributed by atoms with Gasteiger partial charge in [-0.05, 0) is 38.5 Å². The van der Waals surface area contributed by atoms with Crippen molar-refractivity contribution in [1.82, 2.24) is 14.8 Å². The van der Waals surface area contributed by atoms with Crippen LogP contribution in [0.1, 0.15) is 42.9 Å². The van der Waals surface area contributed by atoms with E-state index in [1.54, 1.807) is 12.4 Å². The Morgan fingerprint density at radius 3 is 2.65 bits per heavy atom. The molecule has 0 aliphatic carbocycles. The summed E-state index contributed by atoms with van der Waals surface area (Å²) >= 11 is 0. The first-order chi connectivity index (χ1) is 8.11. The summed E-state index contributed by atoms with van der Waals surface area (Å²) < 4.78 is 1.96. The third kappa shape index (κ3) is 2.22. The van der Waals surface area contributed by atoms with Crippen LogP contribution in [0.4, 0.5) is 0 Å². The van der Waals surface area contributed by atoms with Crippen molar-refractivity contribution in [2.45, 2.75) is 32.9 Å². The van der Waals surface area contributed by atoms with Gasteiger partial charge in [0.25, 0.3) is 0 Å². The van der Waals surface area contributed by atoms with Crippen molar-refractivity contribution in [3.8, 4) is 0 Å². The SMILES string of the molecule is Cc1ncccc1C(N)c1ccnn1C(C)C. The molecule has 2 aromatic heterocycles. The van der Waals surface area contributed by atoms with Gasteiger partial charge in [0.15, 0.2) is 0 Å². The minimum atomic E-state index is -0.173. The Labute approximate surface area is 101 Å². The molecule has 4 nitrogen and oxygen atoms in total. The molecule has 0 radical (unpaired) electrons. The highest BCUT2D eigenvalue weighted by Crippen LogP contribution is 2.22. The first-order valence-corrected chi connectivity index (χ1v) is 5.81. The Bertz CT molecular complexity index is 502. The fourth-order valence-electron chi connectivity index (χ4n) is 1.99. The van der Waals surface area contributed by atoms with Gasteiger partial charge in [0.05, 0.1) is 11.7 Å². The number of aryl methyl sites for hydroxylation is 1. The molecule has 2 rings (SSSR count). The second kappa shape index (κ2) is 4.67. The van der Waals surface area contributed by atoms with E-state index in [4.69, 9.17) is 5.73 Å². The lowest BCUT2D eigenvalue weighted by Gasteiger charge is -2.18. The van der Waals surface area contributed by atoms with Crippen LogP contribution in [0.5, 0.6) is 0 Å². The molecule has 0 aliphatic rings. The van der Waals surface area contributed by atoms with Crippen molar-refractivity contribution in [2.75, 3.05) is 0 Å². The number of hydrogen-bond donors (Lipinski definition) is 1. The van der Waals surface area contributed by atoms with Crippen LogP contribution >= 0.6 is 0 Å². The predicted molar refractivity (Wildman–Crippen MR) is 67.6 cm³/mol. The molecular weight excluding hydrogens is 212 g/mol. The van der Waals surface area contributed by atoms with E-state index in [0.717, 1.165) is 17.0 Å². The quantitative estimate of drug-likeness (QED) is 0.879. The van der Waals surface area contributed by atoms with Crippen LogP contribution in [0, 0.1) is 6.92 Å². The second-order valence-electron chi connectivity index (χ2n) is 4.45. The van der Waals surface area contributed by atoms with Gasteiger partial charge in [0.1, 0.15) is 0 Å². The smallest absolute Gasteiger partial charge is 0.0741 e. The zero-order valence-electron chi connectivity index (χ0n) is 10.5. The number of aromatic nitrogens is 3. The van der Waals surface area contributed by atoms with Gasteiger partial charge in [0.2, 0.25) is 0 Å². The molecule has 0 fully saturated rings. The van der Waals surface area contributed by atoms with E-state index in [-0.39, 0.29) is 6.04 Å². The predicted octanol–water partition coefficient (Wildman–Crippen LogP) is 2.22. The topological polar surface area (TPSA) is 56.7 Å². The van der Waals surface area contributed by atoms with Gasteiger partial charge in [-0.1, -0.05) is 6.07 Å². The van der Waals surface area contributed by atoms with E-state index in [1.807, 2.05) is 29.8 Å². The maximum atomic E-state index is 6.30. The van der Waals surface area contributed by atoms with Gasteiger partial charge in [-0.2, -0.15) is 5.10 Å². The number of hydrogen-bond acceptors (Lipinski definition) is 3. The first kappa shape index (κ1) is 11.8. The van der Waals surface area contributed by atoms with Crippen molar-refractivity contribution in [1.29, 1.82) is 0 Å². The lowest BCUT2D eigenvalue weighted by Crippen LogP contribution is -2.19. The molecule has 90 valence electrons. The minimum absolute atomic E-state index is 0.173. The fourth-order valence-corrected chi connectivity index (χ4v) is 1.99. The van der Waals surface area contributed by atoms with Crippen molar-refractivity contribution in [3.63, 3.8) is 0 Å². The Morgan fingerprint density at radius 1 is 1.24 bits per heavy atom. The van der Waals surface area contributed by atoms with E-state index in [2.05, 4.69) is 23.9 Å². The van der Waals surface area contributed by atoms with Crippen LogP contribution < -0.4 is 5.73 Å². The van der Waals surface area contributed by atoms with E-state index in [9.17, 15) is 0 Å². The van der Waals surface area contributed by atoms with Crippen molar-refractivity contribution in [3.05, 3.63) is 47.5 Å². The molecule has 0 saturated heterocycles. The standard InChI is InChI=1S/C13H18N4/c1-9(2)17-12(6-8-16-17)13(14)11-5-4-7-15-10(11)3/h4-9,13H,14H2,1-3H3. The van der Waals surface area contributed by atoms with Crippen LogP contribution in [0.2, 0.25) is 0 Å². The Balaban J connectivity index is 2.41. The van der Waals surface area contributed by atoms with E-state index < -0.39 is 0 Å². The molecule has 0 bridgehead atoms. The van der Waals surface area contributed by atoms with Gasteiger partial charge >= 0.3 is 0 Å². The summed E-state index contributed by atoms with van der Waals surface area (Å²) in [5.41, 5.74) is 9.34. The summed E-state index contributed by atoms with van der Waals surface area (Å²) in [6.07, 6.45) is 3.58. The number of nitrogens with two attached hydrogens (primary N) is 1. The van der Waals surface area contributed by atoms with E-state index in [0.29, 0.717) is 6.04 Å². The van der Waals surface area contributed by atoms with E-state index >= 15 is 0 Å². The van der Waals surface area contributed by atoms with Gasteiger partial charge in [-0.25, -0.2) is 0 Å². The summed E-state index contributed by atoms with van der Waals surface area (Å²) in [6, 6.07) is 6.04. The molecule has 2 N–H and O–H groups in total. The van der Waals surface area contributed by atoms with Crippen LogP contribution in [0.25, 0.3) is 0 Å². The van der Waals surface area contributed by atoms with Gasteiger partial charge in [0, 0.05) is 24.1 Å². The Morgan fingerprint density at radius 2 is 2.00 bits per heavy atom. The van der Waals surface area contributed by atoms with Crippen molar-refractivity contribution < 1.29 is 0 Å². The summed E-state index contributed by atoms with van der Waals surface area (Å²) in [4.78, 5) is 4.27. The molecule has 0 aromatic carbocycles. The van der Waals surface area contributed by atoms with Gasteiger partial charge in [-0.3, -0.25) is 9.67 Å². The lowest BCUT2D eigenvalue weighted by atomic mass is 10.0. The molecule has 2 heterocycles.